The Hall–Kier alpha value is -1.10. The molecule has 0 amide bonds. The third-order valence-corrected chi connectivity index (χ3v) is 3.56. The van der Waals surface area contributed by atoms with Crippen LogP contribution in [0.2, 0.25) is 0 Å². The molecule has 4 heteroatoms. The van der Waals surface area contributed by atoms with Crippen LogP contribution in [0.1, 0.15) is 52.4 Å². The van der Waals surface area contributed by atoms with Gasteiger partial charge in [0.25, 0.3) is 0 Å². The van der Waals surface area contributed by atoms with E-state index in [1.807, 2.05) is 0 Å². The van der Waals surface area contributed by atoms with Gasteiger partial charge in [-0.15, -0.1) is 0 Å². The average molecular weight is 248 g/mol. The van der Waals surface area contributed by atoms with Crippen molar-refractivity contribution in [2.75, 3.05) is 0 Å². The molecule has 2 atom stereocenters. The highest BCUT2D eigenvalue weighted by molar-refractivity contribution is 4.87. The van der Waals surface area contributed by atoms with Crippen LogP contribution < -0.4 is 10.6 Å². The summed E-state index contributed by atoms with van der Waals surface area (Å²) in [5.74, 6) is 0. The molecule has 0 bridgehead atoms. The molecule has 100 valence electrons. The number of hydrogen-bond donors (Lipinski definition) is 2. The molecule has 1 rings (SSSR count). The molecule has 1 saturated carbocycles. The van der Waals surface area contributed by atoms with E-state index in [1.54, 1.807) is 0 Å². The van der Waals surface area contributed by atoms with E-state index in [-0.39, 0.29) is 0 Å². The van der Waals surface area contributed by atoms with Crippen LogP contribution in [0.3, 0.4) is 0 Å². The fourth-order valence-electron chi connectivity index (χ4n) is 2.62. The second kappa shape index (κ2) is 8.08. The number of rotatable bonds is 6. The molecule has 1 aliphatic carbocycles. The zero-order valence-electron chi connectivity index (χ0n) is 11.4. The average Bonchev–Trinajstić information content (AvgIpc) is 2.32. The molecular formula is C14H24N4. The van der Waals surface area contributed by atoms with E-state index >= 15 is 0 Å². The molecule has 0 heterocycles. The van der Waals surface area contributed by atoms with Crippen molar-refractivity contribution in [3.63, 3.8) is 0 Å². The number of hydrogen-bond acceptors (Lipinski definition) is 4. The molecule has 4 nitrogen and oxygen atoms in total. The molecule has 0 aromatic heterocycles. The third-order valence-electron chi connectivity index (χ3n) is 3.56. The van der Waals surface area contributed by atoms with Gasteiger partial charge in [0.1, 0.15) is 0 Å². The topological polar surface area (TPSA) is 71.6 Å². The summed E-state index contributed by atoms with van der Waals surface area (Å²) >= 11 is 0. The first kappa shape index (κ1) is 15.0. The molecule has 0 radical (unpaired) electrons. The quantitative estimate of drug-likeness (QED) is 0.755. The molecule has 0 aromatic rings. The summed E-state index contributed by atoms with van der Waals surface area (Å²) in [6.07, 6.45) is 5.80. The minimum atomic E-state index is 0.294. The van der Waals surface area contributed by atoms with Gasteiger partial charge in [0.05, 0.1) is 25.0 Å². The molecule has 0 spiro atoms. The summed E-state index contributed by atoms with van der Waals surface area (Å²) in [6.45, 7) is 4.14. The first-order valence-electron chi connectivity index (χ1n) is 6.91. The molecule has 1 fully saturated rings. The predicted octanol–water partition coefficient (Wildman–Crippen LogP) is 2.08. The summed E-state index contributed by atoms with van der Waals surface area (Å²) in [5.41, 5.74) is 0. The minimum Gasteiger partial charge on any atom is -0.310 e. The monoisotopic (exact) mass is 248 g/mol. The zero-order chi connectivity index (χ0) is 13.4. The van der Waals surface area contributed by atoms with E-state index in [0.29, 0.717) is 37.0 Å². The lowest BCUT2D eigenvalue weighted by molar-refractivity contribution is 0.280. The SMILES string of the molecule is C[C@H](CC#N)NC1CCC(N[C@H](C)CC#N)CC1. The summed E-state index contributed by atoms with van der Waals surface area (Å²) in [4.78, 5) is 0. The Balaban J connectivity index is 2.21. The Morgan fingerprint density at radius 3 is 1.50 bits per heavy atom. The minimum absolute atomic E-state index is 0.294. The second-order valence-electron chi connectivity index (χ2n) is 5.41. The summed E-state index contributed by atoms with van der Waals surface area (Å²) in [7, 11) is 0. The van der Waals surface area contributed by atoms with E-state index in [1.165, 1.54) is 0 Å². The van der Waals surface area contributed by atoms with Crippen LogP contribution in [0.15, 0.2) is 0 Å². The molecule has 1 aliphatic rings. The van der Waals surface area contributed by atoms with Gasteiger partial charge in [-0.2, -0.15) is 10.5 Å². The fraction of sp³-hybridized carbons (Fsp3) is 0.857. The van der Waals surface area contributed by atoms with Gasteiger partial charge in [-0.3, -0.25) is 0 Å². The predicted molar refractivity (Wildman–Crippen MR) is 71.7 cm³/mol. The number of nitriles is 2. The van der Waals surface area contributed by atoms with Crippen molar-refractivity contribution >= 4 is 0 Å². The van der Waals surface area contributed by atoms with Crippen molar-refractivity contribution in [1.82, 2.24) is 10.6 Å². The van der Waals surface area contributed by atoms with E-state index in [2.05, 4.69) is 36.6 Å². The Kier molecular flexibility index (Phi) is 6.72. The molecule has 2 N–H and O–H groups in total. The van der Waals surface area contributed by atoms with Crippen molar-refractivity contribution in [3.05, 3.63) is 0 Å². The van der Waals surface area contributed by atoms with E-state index in [4.69, 9.17) is 10.5 Å². The van der Waals surface area contributed by atoms with Crippen LogP contribution in [-0.2, 0) is 0 Å². The molecular weight excluding hydrogens is 224 g/mol. The Labute approximate surface area is 110 Å². The van der Waals surface area contributed by atoms with Gasteiger partial charge in [0.2, 0.25) is 0 Å². The lowest BCUT2D eigenvalue weighted by Gasteiger charge is -2.32. The fourth-order valence-corrected chi connectivity index (χ4v) is 2.62. The molecule has 18 heavy (non-hydrogen) atoms. The first-order valence-corrected chi connectivity index (χ1v) is 6.91. The van der Waals surface area contributed by atoms with E-state index < -0.39 is 0 Å². The van der Waals surface area contributed by atoms with Gasteiger partial charge >= 0.3 is 0 Å². The van der Waals surface area contributed by atoms with Gasteiger partial charge in [-0.05, 0) is 39.5 Å². The Morgan fingerprint density at radius 1 is 0.889 bits per heavy atom. The standard InChI is InChI=1S/C14H24N4/c1-11(7-9-15)17-13-3-5-14(6-4-13)18-12(2)8-10-16/h11-14,17-18H,3-8H2,1-2H3/t11-,12-,13?,14?/m1/s1. The lowest BCUT2D eigenvalue weighted by Crippen LogP contribution is -2.44. The van der Waals surface area contributed by atoms with Crippen LogP contribution in [0.25, 0.3) is 0 Å². The highest BCUT2D eigenvalue weighted by Gasteiger charge is 2.22. The van der Waals surface area contributed by atoms with Gasteiger partial charge < -0.3 is 10.6 Å². The highest BCUT2D eigenvalue weighted by atomic mass is 15.0. The largest absolute Gasteiger partial charge is 0.310 e. The smallest absolute Gasteiger partial charge is 0.0638 e. The van der Waals surface area contributed by atoms with Crippen LogP contribution in [0.4, 0.5) is 0 Å². The zero-order valence-corrected chi connectivity index (χ0v) is 11.4. The summed E-state index contributed by atoms with van der Waals surface area (Å²) in [6, 6.07) is 6.09. The van der Waals surface area contributed by atoms with Crippen molar-refractivity contribution < 1.29 is 0 Å². The number of nitrogens with zero attached hydrogens (tertiary/aromatic N) is 2. The summed E-state index contributed by atoms with van der Waals surface area (Å²) < 4.78 is 0. The maximum Gasteiger partial charge on any atom is 0.0638 e. The van der Waals surface area contributed by atoms with Gasteiger partial charge in [0.15, 0.2) is 0 Å². The summed E-state index contributed by atoms with van der Waals surface area (Å²) in [5, 5.41) is 24.3. The van der Waals surface area contributed by atoms with Crippen molar-refractivity contribution in [3.8, 4) is 12.1 Å². The highest BCUT2D eigenvalue weighted by Crippen LogP contribution is 2.20. The Morgan fingerprint density at radius 2 is 1.22 bits per heavy atom. The van der Waals surface area contributed by atoms with Crippen LogP contribution in [0.5, 0.6) is 0 Å². The second-order valence-corrected chi connectivity index (χ2v) is 5.41. The van der Waals surface area contributed by atoms with E-state index in [0.717, 1.165) is 25.7 Å². The van der Waals surface area contributed by atoms with Crippen LogP contribution in [-0.4, -0.2) is 24.2 Å². The van der Waals surface area contributed by atoms with Crippen LogP contribution in [0, 0.1) is 22.7 Å². The third kappa shape index (κ3) is 5.49. The van der Waals surface area contributed by atoms with E-state index in [9.17, 15) is 0 Å². The van der Waals surface area contributed by atoms with Crippen molar-refractivity contribution in [2.45, 2.75) is 76.5 Å². The normalized spacial score (nSPS) is 26.9. The van der Waals surface area contributed by atoms with Gasteiger partial charge in [-0.25, -0.2) is 0 Å². The van der Waals surface area contributed by atoms with Crippen LogP contribution >= 0.6 is 0 Å². The van der Waals surface area contributed by atoms with Crippen molar-refractivity contribution in [2.24, 2.45) is 0 Å². The van der Waals surface area contributed by atoms with Crippen molar-refractivity contribution in [1.29, 1.82) is 10.5 Å². The first-order chi connectivity index (χ1) is 8.65. The Bertz CT molecular complexity index is 275. The maximum atomic E-state index is 8.63. The maximum absolute atomic E-state index is 8.63. The van der Waals surface area contributed by atoms with Gasteiger partial charge in [0, 0.05) is 24.2 Å². The molecule has 0 saturated heterocycles. The molecule has 0 aromatic carbocycles. The van der Waals surface area contributed by atoms with Gasteiger partial charge in [-0.1, -0.05) is 0 Å². The molecule has 0 aliphatic heterocycles. The molecule has 0 unspecified atom stereocenters. The number of nitrogens with one attached hydrogen (secondary N) is 2. The lowest BCUT2D eigenvalue weighted by atomic mass is 9.90.